The average Bonchev–Trinajstić information content (AvgIpc) is 3.82. The van der Waals surface area contributed by atoms with Gasteiger partial charge in [-0.15, -0.1) is 0 Å². The first-order chi connectivity index (χ1) is 30.7. The predicted octanol–water partition coefficient (Wildman–Crippen LogP) is 7.24. The number of hydrogen-bond donors (Lipinski definition) is 3. The molecule has 0 radical (unpaired) electrons. The Hall–Kier alpha value is -6.04. The number of aliphatic imine (C=N–C) groups is 1. The smallest absolute Gasteiger partial charge is 0.431 e. The zero-order valence-electron chi connectivity index (χ0n) is 36.4. The number of allylic oxidation sites excluding steroid dienone is 2. The zero-order valence-corrected chi connectivity index (χ0v) is 38.0. The lowest BCUT2D eigenvalue weighted by Gasteiger charge is -2.35. The fourth-order valence-electron chi connectivity index (χ4n) is 8.03. The summed E-state index contributed by atoms with van der Waals surface area (Å²) in [6.45, 7) is 6.71. The molecule has 2 aliphatic rings. The van der Waals surface area contributed by atoms with Gasteiger partial charge in [-0.05, 0) is 62.9 Å². The van der Waals surface area contributed by atoms with Crippen LogP contribution < -0.4 is 20.7 Å². The number of aromatic nitrogens is 4. The fraction of sp³-hybridized carbons (Fsp3) is 0.429. The molecule has 1 saturated carbocycles. The van der Waals surface area contributed by atoms with E-state index in [0.29, 0.717) is 64.1 Å². The molecule has 1 saturated heterocycles. The molecule has 1 aliphatic heterocycles. The van der Waals surface area contributed by atoms with E-state index in [4.69, 9.17) is 20.4 Å². The highest BCUT2D eigenvalue weighted by Crippen LogP contribution is 2.44. The number of ether oxygens (including phenoxy) is 1. The van der Waals surface area contributed by atoms with E-state index in [0.717, 1.165) is 25.3 Å². The molecule has 66 heavy (non-hydrogen) atoms. The van der Waals surface area contributed by atoms with Crippen LogP contribution in [0.1, 0.15) is 51.4 Å². The van der Waals surface area contributed by atoms with Crippen molar-refractivity contribution in [1.29, 1.82) is 0 Å². The Bertz CT molecular complexity index is 2880. The van der Waals surface area contributed by atoms with Crippen LogP contribution in [0.3, 0.4) is 0 Å². The number of benzene rings is 2. The van der Waals surface area contributed by atoms with Crippen molar-refractivity contribution in [3.8, 4) is 11.1 Å². The summed E-state index contributed by atoms with van der Waals surface area (Å²) in [5, 5.41) is 7.93. The molecule has 4 heterocycles. The largest absolute Gasteiger partial charge is 0.444 e. The standard InChI is InChI=1S/C42H45F7N10O5S2/c1-21-19-41(45,46)35(31(21)34(50)42(47,48)49)51-20-30(60)52-28(16-22-14-23(43)17-24(44)15-22)32-27(25-8-7-9-26-33(25)57(5)55-36(26)56-66(6,62)63)18-29-37(53-32)54-38(65-29)58-10-12-59(13-11-58)39(61)64-40(2,3)4/h7-9,14-15,17-18,21,28H,10-13,16,19-20,50H2,1-6H3,(H,52,60)(H,55,56)/t21-,28-/m0/s1. The quantitative estimate of drug-likeness (QED) is 0.120. The van der Waals surface area contributed by atoms with Crippen molar-refractivity contribution in [2.24, 2.45) is 23.7 Å². The molecule has 1 aliphatic carbocycles. The maximum Gasteiger partial charge on any atom is 0.431 e. The Kier molecular flexibility index (Phi) is 12.8. The van der Waals surface area contributed by atoms with Gasteiger partial charge in [-0.2, -0.15) is 32.0 Å². The molecule has 2 atom stereocenters. The number of sulfonamides is 1. The van der Waals surface area contributed by atoms with E-state index >= 15 is 8.78 Å². The van der Waals surface area contributed by atoms with Crippen LogP contribution in [0, 0.1) is 17.6 Å². The number of para-hydroxylation sites is 1. The number of aryl methyl sites for hydroxylation is 1. The van der Waals surface area contributed by atoms with Crippen molar-refractivity contribution < 1.29 is 53.5 Å². The van der Waals surface area contributed by atoms with Crippen LogP contribution in [0.2, 0.25) is 0 Å². The first-order valence-corrected chi connectivity index (χ1v) is 23.1. The Morgan fingerprint density at radius 3 is 2.32 bits per heavy atom. The Morgan fingerprint density at radius 2 is 1.70 bits per heavy atom. The second kappa shape index (κ2) is 17.6. The van der Waals surface area contributed by atoms with Gasteiger partial charge in [0, 0.05) is 67.8 Å². The van der Waals surface area contributed by atoms with Gasteiger partial charge in [-0.3, -0.25) is 19.2 Å². The molecule has 3 aromatic heterocycles. The van der Waals surface area contributed by atoms with Crippen molar-refractivity contribution in [3.63, 3.8) is 0 Å². The minimum Gasteiger partial charge on any atom is -0.444 e. The summed E-state index contributed by atoms with van der Waals surface area (Å²) in [5.74, 6) is -8.19. The van der Waals surface area contributed by atoms with Crippen molar-refractivity contribution in [1.82, 2.24) is 30.0 Å². The Balaban J connectivity index is 1.35. The maximum absolute atomic E-state index is 15.2. The number of nitrogens with zero attached hydrogens (tertiary/aromatic N) is 7. The number of thiazole rings is 1. The summed E-state index contributed by atoms with van der Waals surface area (Å²) in [6, 6.07) is 7.94. The number of halogens is 7. The molecule has 354 valence electrons. The number of fused-ring (bicyclic) bond motifs is 2. The third-order valence-electron chi connectivity index (χ3n) is 10.7. The van der Waals surface area contributed by atoms with Crippen molar-refractivity contribution in [2.45, 2.75) is 64.3 Å². The van der Waals surface area contributed by atoms with Gasteiger partial charge in [-0.1, -0.05) is 30.4 Å². The number of anilines is 2. The molecule has 5 aromatic rings. The summed E-state index contributed by atoms with van der Waals surface area (Å²) in [6.07, 6.45) is -6.07. The highest BCUT2D eigenvalue weighted by molar-refractivity contribution is 7.92. The topological polar surface area (TPSA) is 190 Å². The fourth-order valence-corrected chi connectivity index (χ4v) is 9.53. The average molecular weight is 967 g/mol. The SMILES string of the molecule is C[C@H]1CC(F)(F)C(=NCC(=O)N[C@@H](Cc2cc(F)cc(F)c2)c2nc3nc(N4CCN(C(=O)OC(C)(C)C)CC4)sc3cc2-c2cccc3c(NS(C)(=O)=O)nn(C)c23)C1=C(N)C(F)(F)F. The number of piperazine rings is 1. The highest BCUT2D eigenvalue weighted by Gasteiger charge is 2.52. The number of carbonyl (C=O) groups excluding carboxylic acids is 2. The lowest BCUT2D eigenvalue weighted by atomic mass is 9.94. The number of nitrogens with one attached hydrogen (secondary N) is 2. The van der Waals surface area contributed by atoms with Crippen LogP contribution >= 0.6 is 11.3 Å². The molecular formula is C42H45F7N10O5S2. The molecule has 0 spiro atoms. The van der Waals surface area contributed by atoms with Gasteiger partial charge in [0.1, 0.15) is 35.2 Å². The van der Waals surface area contributed by atoms with Gasteiger partial charge in [0.25, 0.3) is 5.92 Å². The summed E-state index contributed by atoms with van der Waals surface area (Å²) < 4.78 is 136. The second-order valence-corrected chi connectivity index (χ2v) is 19.9. The first kappa shape index (κ1) is 47.9. The van der Waals surface area contributed by atoms with Gasteiger partial charge < -0.3 is 25.6 Å². The molecule has 2 fully saturated rings. The van der Waals surface area contributed by atoms with Crippen molar-refractivity contribution >= 4 is 71.3 Å². The predicted molar refractivity (Wildman–Crippen MR) is 235 cm³/mol. The van der Waals surface area contributed by atoms with Crippen molar-refractivity contribution in [3.05, 3.63) is 76.6 Å². The van der Waals surface area contributed by atoms with Crippen LogP contribution in [0.4, 0.5) is 46.5 Å². The van der Waals surface area contributed by atoms with Crippen molar-refractivity contribution in [2.75, 3.05) is 48.6 Å². The van der Waals surface area contributed by atoms with Crippen LogP contribution in [0.25, 0.3) is 32.4 Å². The third-order valence-corrected chi connectivity index (χ3v) is 12.3. The Morgan fingerprint density at radius 1 is 1.03 bits per heavy atom. The number of hydrogen-bond acceptors (Lipinski definition) is 12. The number of amides is 2. The molecule has 0 unspecified atom stereocenters. The van der Waals surface area contributed by atoms with E-state index in [9.17, 15) is 40.0 Å². The van der Waals surface area contributed by atoms with Crippen LogP contribution in [0.5, 0.6) is 0 Å². The monoisotopic (exact) mass is 966 g/mol. The number of alkyl halides is 5. The number of nitrogens with two attached hydrogens (primary N) is 1. The van der Waals surface area contributed by atoms with Crippen LogP contribution in [-0.2, 0) is 33.0 Å². The summed E-state index contributed by atoms with van der Waals surface area (Å²) >= 11 is 1.26. The lowest BCUT2D eigenvalue weighted by molar-refractivity contribution is -0.120. The highest BCUT2D eigenvalue weighted by atomic mass is 32.2. The minimum absolute atomic E-state index is 0.00477. The van der Waals surface area contributed by atoms with E-state index in [2.05, 4.69) is 20.1 Å². The minimum atomic E-state index is -5.17. The molecule has 15 nitrogen and oxygen atoms in total. The van der Waals surface area contributed by atoms with Gasteiger partial charge in [-0.25, -0.2) is 27.0 Å². The van der Waals surface area contributed by atoms with Crippen LogP contribution in [-0.4, -0.2) is 107 Å². The molecule has 7 rings (SSSR count). The van der Waals surface area contributed by atoms with Gasteiger partial charge in [0.05, 0.1) is 28.2 Å². The summed E-state index contributed by atoms with van der Waals surface area (Å²) in [5.41, 5.74) is 1.99. The summed E-state index contributed by atoms with van der Waals surface area (Å²) in [4.78, 5) is 43.6. The molecule has 2 aromatic carbocycles. The molecule has 0 bridgehead atoms. The van der Waals surface area contributed by atoms with Gasteiger partial charge in [0.2, 0.25) is 15.9 Å². The second-order valence-electron chi connectivity index (χ2n) is 17.1. The molecule has 2 amide bonds. The van der Waals surface area contributed by atoms with Gasteiger partial charge >= 0.3 is 12.3 Å². The number of carbonyl (C=O) groups is 2. The normalized spacial score (nSPS) is 18.9. The molecule has 4 N–H and O–H groups in total. The third kappa shape index (κ3) is 10.5. The van der Waals surface area contributed by atoms with E-state index < -0.39 is 93.3 Å². The van der Waals surface area contributed by atoms with E-state index in [-0.39, 0.29) is 29.1 Å². The van der Waals surface area contributed by atoms with Crippen LogP contribution in [0.15, 0.2) is 58.7 Å². The number of rotatable bonds is 10. The molecular weight excluding hydrogens is 922 g/mol. The van der Waals surface area contributed by atoms with E-state index in [1.807, 2.05) is 4.90 Å². The zero-order chi connectivity index (χ0) is 48.3. The maximum atomic E-state index is 15.2. The molecule has 24 heteroatoms. The Labute approximate surface area is 377 Å². The number of pyridine rings is 1. The van der Waals surface area contributed by atoms with E-state index in [1.54, 1.807) is 57.0 Å². The van der Waals surface area contributed by atoms with Gasteiger partial charge in [0.15, 0.2) is 16.6 Å². The summed E-state index contributed by atoms with van der Waals surface area (Å²) in [7, 11) is -2.25. The first-order valence-electron chi connectivity index (χ1n) is 20.4. The lowest BCUT2D eigenvalue weighted by Crippen LogP contribution is -2.50. The van der Waals surface area contributed by atoms with E-state index in [1.165, 1.54) is 16.0 Å².